The van der Waals surface area contributed by atoms with Crippen molar-refractivity contribution >= 4 is 55.8 Å². The molecule has 0 aliphatic heterocycles. The molecular formula is C31H41N9O4S. The quantitative estimate of drug-likeness (QED) is 0.215. The largest absolute Gasteiger partial charge is 0.492 e. The van der Waals surface area contributed by atoms with Crippen molar-refractivity contribution < 1.29 is 17.9 Å². The molecule has 14 heteroatoms. The van der Waals surface area contributed by atoms with Crippen molar-refractivity contribution in [1.82, 2.24) is 24.8 Å². The van der Waals surface area contributed by atoms with Crippen molar-refractivity contribution in [3.05, 3.63) is 59.5 Å². The number of nitrogens with one attached hydrogen (secondary N) is 3. The molecule has 4 aromatic rings. The number of aromatic nitrogens is 4. The van der Waals surface area contributed by atoms with Crippen molar-refractivity contribution in [3.63, 3.8) is 0 Å². The number of benzene rings is 2. The van der Waals surface area contributed by atoms with Crippen LogP contribution in [-0.2, 0) is 15.4 Å². The maximum absolute atomic E-state index is 13.6. The molecular weight excluding hydrogens is 594 g/mol. The van der Waals surface area contributed by atoms with Gasteiger partial charge in [0, 0.05) is 31.4 Å². The third-order valence-corrected chi connectivity index (χ3v) is 7.63. The number of hydrogen-bond acceptors (Lipinski definition) is 11. The van der Waals surface area contributed by atoms with Gasteiger partial charge in [-0.3, -0.25) is 9.52 Å². The van der Waals surface area contributed by atoms with Gasteiger partial charge in [-0.05, 0) is 61.8 Å². The van der Waals surface area contributed by atoms with Gasteiger partial charge < -0.3 is 25.2 Å². The first-order valence-electron chi connectivity index (χ1n) is 14.3. The van der Waals surface area contributed by atoms with E-state index in [9.17, 15) is 13.2 Å². The first-order valence-corrected chi connectivity index (χ1v) is 16.2. The van der Waals surface area contributed by atoms with E-state index in [2.05, 4.69) is 35.2 Å². The molecule has 2 aromatic carbocycles. The number of nitrogens with zero attached hydrogens (tertiary/aromatic N) is 6. The summed E-state index contributed by atoms with van der Waals surface area (Å²) < 4.78 is 32.3. The Morgan fingerprint density at radius 2 is 1.69 bits per heavy atom. The summed E-state index contributed by atoms with van der Waals surface area (Å²) in [6.45, 7) is 9.48. The third kappa shape index (κ3) is 8.34. The average Bonchev–Trinajstić information content (AvgIpc) is 2.95. The molecule has 45 heavy (non-hydrogen) atoms. The molecule has 0 unspecified atom stereocenters. The summed E-state index contributed by atoms with van der Waals surface area (Å²) in [6, 6.07) is 8.76. The molecule has 0 saturated carbocycles. The number of carbonyl (C=O) groups is 1. The number of likely N-dealkylation sites (N-methyl/N-ethyl adjacent to an activating group) is 2. The van der Waals surface area contributed by atoms with Crippen molar-refractivity contribution in [3.8, 4) is 5.75 Å². The fraction of sp³-hybridized carbons (Fsp3) is 0.387. The number of sulfonamides is 1. The highest BCUT2D eigenvalue weighted by atomic mass is 32.2. The van der Waals surface area contributed by atoms with Gasteiger partial charge in [-0.15, -0.1) is 0 Å². The van der Waals surface area contributed by atoms with E-state index in [0.29, 0.717) is 39.7 Å². The molecule has 3 N–H and O–H groups in total. The summed E-state index contributed by atoms with van der Waals surface area (Å²) in [5.41, 5.74) is 4.05. The van der Waals surface area contributed by atoms with Gasteiger partial charge in [-0.25, -0.2) is 28.4 Å². The van der Waals surface area contributed by atoms with E-state index < -0.39 is 15.9 Å². The van der Waals surface area contributed by atoms with Gasteiger partial charge in [0.1, 0.15) is 17.4 Å². The minimum Gasteiger partial charge on any atom is -0.492 e. The zero-order chi connectivity index (χ0) is 33.1. The molecule has 13 nitrogen and oxygen atoms in total. The summed E-state index contributed by atoms with van der Waals surface area (Å²) >= 11 is 0. The van der Waals surface area contributed by atoms with Crippen LogP contribution < -0.4 is 25.0 Å². The molecule has 0 spiro atoms. The standard InChI is InChI=1S/C31H41N9O4S/c1-19-10-11-20(29(41)36-23-15-21(31(2,3)4)16-24(27(23)44-8)38-45(9,42)43)14-22(19)35-28-26-25(33-18-34-28)17-32-30(37-26)40(7)13-12-39(5)6/h10-11,14-18,38H,12-13H2,1-9H3,(H,36,41)(H,33,34,35). The lowest BCUT2D eigenvalue weighted by atomic mass is 9.86. The minimum atomic E-state index is -3.61. The molecule has 0 saturated heterocycles. The van der Waals surface area contributed by atoms with Gasteiger partial charge >= 0.3 is 0 Å². The van der Waals surface area contributed by atoms with Crippen LogP contribution >= 0.6 is 0 Å². The first kappa shape index (κ1) is 33.3. The number of ether oxygens (including phenoxy) is 1. The summed E-state index contributed by atoms with van der Waals surface area (Å²) in [7, 11) is 3.75. The highest BCUT2D eigenvalue weighted by molar-refractivity contribution is 7.92. The minimum absolute atomic E-state index is 0.200. The molecule has 0 fully saturated rings. The Kier molecular flexibility index (Phi) is 9.78. The van der Waals surface area contributed by atoms with Crippen molar-refractivity contribution in [1.29, 1.82) is 0 Å². The van der Waals surface area contributed by atoms with Crippen LogP contribution in [0.3, 0.4) is 0 Å². The third-order valence-electron chi connectivity index (χ3n) is 7.04. The van der Waals surface area contributed by atoms with Crippen LogP contribution in [0.5, 0.6) is 5.75 Å². The second kappa shape index (κ2) is 13.2. The molecule has 0 atom stereocenters. The summed E-state index contributed by atoms with van der Waals surface area (Å²) in [5, 5.41) is 6.24. The van der Waals surface area contributed by atoms with E-state index in [4.69, 9.17) is 9.72 Å². The fourth-order valence-corrected chi connectivity index (χ4v) is 4.99. The SMILES string of the molecule is COc1c(NC(=O)c2ccc(C)c(Nc3ncnc4cnc(N(C)CCN(C)C)nc34)c2)cc(C(C)(C)C)cc1NS(C)(=O)=O. The number of amides is 1. The van der Waals surface area contributed by atoms with Gasteiger partial charge in [0.05, 0.1) is 30.9 Å². The molecule has 1 amide bonds. The maximum Gasteiger partial charge on any atom is 0.255 e. The van der Waals surface area contributed by atoms with Crippen molar-refractivity contribution in [2.45, 2.75) is 33.1 Å². The van der Waals surface area contributed by atoms with Gasteiger partial charge in [-0.2, -0.15) is 0 Å². The van der Waals surface area contributed by atoms with E-state index in [1.54, 1.807) is 30.5 Å². The number of anilines is 5. The molecule has 0 radical (unpaired) electrons. The zero-order valence-electron chi connectivity index (χ0n) is 27.2. The Morgan fingerprint density at radius 1 is 0.978 bits per heavy atom. The molecule has 0 aliphatic carbocycles. The Labute approximate surface area is 264 Å². The van der Waals surface area contributed by atoms with Crippen LogP contribution in [0.1, 0.15) is 42.3 Å². The van der Waals surface area contributed by atoms with E-state index in [0.717, 1.165) is 30.5 Å². The van der Waals surface area contributed by atoms with Crippen LogP contribution in [0.4, 0.5) is 28.8 Å². The van der Waals surface area contributed by atoms with Crippen molar-refractivity contribution in [2.75, 3.05) is 67.9 Å². The Morgan fingerprint density at radius 3 is 2.33 bits per heavy atom. The van der Waals surface area contributed by atoms with Gasteiger partial charge in [0.25, 0.3) is 5.91 Å². The lowest BCUT2D eigenvalue weighted by molar-refractivity contribution is 0.102. The average molecular weight is 636 g/mol. The predicted octanol–water partition coefficient (Wildman–Crippen LogP) is 4.40. The van der Waals surface area contributed by atoms with Crippen molar-refractivity contribution in [2.24, 2.45) is 0 Å². The number of aryl methyl sites for hydroxylation is 1. The monoisotopic (exact) mass is 635 g/mol. The Balaban J connectivity index is 1.67. The molecule has 2 heterocycles. The van der Waals surface area contributed by atoms with E-state index in [1.807, 2.05) is 59.8 Å². The number of fused-ring (bicyclic) bond motifs is 1. The van der Waals surface area contributed by atoms with Gasteiger partial charge in [-0.1, -0.05) is 26.8 Å². The van der Waals surface area contributed by atoms with Gasteiger partial charge in [0.15, 0.2) is 11.6 Å². The number of methoxy groups -OCH3 is 1. The Bertz CT molecular complexity index is 1820. The molecule has 240 valence electrons. The summed E-state index contributed by atoms with van der Waals surface area (Å²) in [4.78, 5) is 35.6. The zero-order valence-corrected chi connectivity index (χ0v) is 28.0. The Hall–Kier alpha value is -4.56. The number of carbonyl (C=O) groups excluding carboxylic acids is 1. The fourth-order valence-electron chi connectivity index (χ4n) is 4.44. The lowest BCUT2D eigenvalue weighted by Crippen LogP contribution is -2.29. The van der Waals surface area contributed by atoms with Gasteiger partial charge in [0.2, 0.25) is 16.0 Å². The summed E-state index contributed by atoms with van der Waals surface area (Å²) in [5.74, 6) is 0.808. The maximum atomic E-state index is 13.6. The predicted molar refractivity (Wildman–Crippen MR) is 180 cm³/mol. The van der Waals surface area contributed by atoms with Crippen LogP contribution in [0, 0.1) is 6.92 Å². The second-order valence-corrected chi connectivity index (χ2v) is 13.9. The topological polar surface area (TPSA) is 155 Å². The van der Waals surface area contributed by atoms with Crippen LogP contribution in [-0.4, -0.2) is 86.8 Å². The summed E-state index contributed by atoms with van der Waals surface area (Å²) in [6.07, 6.45) is 4.16. The highest BCUT2D eigenvalue weighted by Crippen LogP contribution is 2.39. The van der Waals surface area contributed by atoms with Crippen LogP contribution in [0.15, 0.2) is 42.9 Å². The number of hydrogen-bond donors (Lipinski definition) is 3. The smallest absolute Gasteiger partial charge is 0.255 e. The van der Waals surface area contributed by atoms with E-state index in [-0.39, 0.29) is 16.9 Å². The second-order valence-electron chi connectivity index (χ2n) is 12.2. The molecule has 4 rings (SSSR count). The normalized spacial score (nSPS) is 11.9. The molecule has 0 aliphatic rings. The molecule has 2 aromatic heterocycles. The first-order chi connectivity index (χ1) is 21.1. The number of rotatable bonds is 11. The lowest BCUT2D eigenvalue weighted by Gasteiger charge is -2.24. The van der Waals surface area contributed by atoms with E-state index in [1.165, 1.54) is 13.4 Å². The van der Waals surface area contributed by atoms with E-state index >= 15 is 0 Å². The highest BCUT2D eigenvalue weighted by Gasteiger charge is 2.23. The van der Waals surface area contributed by atoms with Crippen LogP contribution in [0.2, 0.25) is 0 Å². The van der Waals surface area contributed by atoms with Crippen LogP contribution in [0.25, 0.3) is 11.0 Å². The molecule has 0 bridgehead atoms.